The average molecular weight is 665 g/mol. The van der Waals surface area contributed by atoms with Gasteiger partial charge in [-0.1, -0.05) is 64.1 Å². The lowest BCUT2D eigenvalue weighted by Gasteiger charge is -2.50. The van der Waals surface area contributed by atoms with Gasteiger partial charge in [-0.15, -0.1) is 22.7 Å². The summed E-state index contributed by atoms with van der Waals surface area (Å²) in [4.78, 5) is 31.5. The van der Waals surface area contributed by atoms with Crippen LogP contribution < -0.4 is 5.32 Å². The van der Waals surface area contributed by atoms with Gasteiger partial charge in [0, 0.05) is 62.3 Å². The first-order valence-electron chi connectivity index (χ1n) is 17.6. The quantitative estimate of drug-likeness (QED) is 0.237. The van der Waals surface area contributed by atoms with Crippen molar-refractivity contribution < 1.29 is 9.59 Å². The number of aryl methyl sites for hydroxylation is 4. The fourth-order valence-electron chi connectivity index (χ4n) is 8.88. The molecule has 47 heavy (non-hydrogen) atoms. The lowest BCUT2D eigenvalue weighted by Crippen LogP contribution is -2.56. The Hall–Kier alpha value is -3.22. The molecule has 2 aromatic heterocycles. The minimum atomic E-state index is 0.101. The molecule has 2 saturated heterocycles. The van der Waals surface area contributed by atoms with Crippen LogP contribution in [0.3, 0.4) is 0 Å². The average Bonchev–Trinajstić information content (AvgIpc) is 3.78. The molecule has 8 rings (SSSR count). The topological polar surface area (TPSA) is 49.4 Å². The molecule has 2 amide bonds. The van der Waals surface area contributed by atoms with Crippen LogP contribution in [0.4, 0.5) is 0 Å². The van der Waals surface area contributed by atoms with Crippen LogP contribution in [0.2, 0.25) is 0 Å². The van der Waals surface area contributed by atoms with Gasteiger partial charge in [-0.2, -0.15) is 0 Å². The van der Waals surface area contributed by atoms with Gasteiger partial charge < -0.3 is 10.2 Å². The lowest BCUT2D eigenvalue weighted by molar-refractivity contribution is -0.138. The molecule has 4 aromatic rings. The molecule has 0 bridgehead atoms. The number of fused-ring (bicyclic) bond motifs is 6. The van der Waals surface area contributed by atoms with Gasteiger partial charge in [0.2, 0.25) is 11.8 Å². The zero-order chi connectivity index (χ0) is 32.9. The minimum Gasteiger partial charge on any atom is -0.352 e. The Morgan fingerprint density at radius 2 is 1.28 bits per heavy atom. The van der Waals surface area contributed by atoms with Crippen LogP contribution in [0.1, 0.15) is 98.2 Å². The maximum Gasteiger partial charge on any atom is 0.222 e. The van der Waals surface area contributed by atoms with Crippen molar-refractivity contribution in [2.24, 2.45) is 0 Å². The number of benzene rings is 2. The van der Waals surface area contributed by atoms with E-state index in [4.69, 9.17) is 0 Å². The highest BCUT2D eigenvalue weighted by atomic mass is 32.1. The van der Waals surface area contributed by atoms with Crippen molar-refractivity contribution in [1.29, 1.82) is 0 Å². The molecule has 0 spiro atoms. The highest BCUT2D eigenvalue weighted by Crippen LogP contribution is 2.47. The molecule has 246 valence electrons. The summed E-state index contributed by atoms with van der Waals surface area (Å²) in [5.74, 6) is 0.529. The second-order valence-corrected chi connectivity index (χ2v) is 16.9. The van der Waals surface area contributed by atoms with E-state index in [-0.39, 0.29) is 16.7 Å². The first-order valence-corrected chi connectivity index (χ1v) is 19.3. The fourth-order valence-corrected chi connectivity index (χ4v) is 10.8. The van der Waals surface area contributed by atoms with Crippen molar-refractivity contribution in [2.45, 2.75) is 115 Å². The van der Waals surface area contributed by atoms with Crippen molar-refractivity contribution in [3.8, 4) is 20.9 Å². The Balaban J connectivity index is 0.000000150. The van der Waals surface area contributed by atoms with Crippen molar-refractivity contribution in [3.63, 3.8) is 0 Å². The molecule has 1 N–H and O–H groups in total. The van der Waals surface area contributed by atoms with Gasteiger partial charge in [0.1, 0.15) is 0 Å². The molecule has 4 aliphatic rings. The molecule has 2 unspecified atom stereocenters. The number of likely N-dealkylation sites (tertiary alicyclic amines) is 1. The van der Waals surface area contributed by atoms with E-state index in [1.807, 2.05) is 34.6 Å². The molecule has 2 aliphatic carbocycles. The largest absolute Gasteiger partial charge is 0.352 e. The second-order valence-electron chi connectivity index (χ2n) is 14.5. The van der Waals surface area contributed by atoms with Gasteiger partial charge in [-0.3, -0.25) is 9.59 Å². The van der Waals surface area contributed by atoms with Gasteiger partial charge >= 0.3 is 0 Å². The fraction of sp³-hybridized carbons (Fsp3) is 0.463. The summed E-state index contributed by atoms with van der Waals surface area (Å²) in [5, 5.41) is 3.22. The Bertz CT molecular complexity index is 1820. The first kappa shape index (κ1) is 32.3. The van der Waals surface area contributed by atoms with E-state index in [1.54, 1.807) is 0 Å². The molecule has 4 nitrogen and oxygen atoms in total. The molecule has 0 saturated carbocycles. The first-order chi connectivity index (χ1) is 22.6. The highest BCUT2D eigenvalue weighted by molar-refractivity contribution is 7.15. The van der Waals surface area contributed by atoms with Crippen LogP contribution in [-0.4, -0.2) is 35.8 Å². The monoisotopic (exact) mass is 664 g/mol. The van der Waals surface area contributed by atoms with Crippen LogP contribution in [0.15, 0.2) is 60.7 Å². The summed E-state index contributed by atoms with van der Waals surface area (Å²) in [5.41, 5.74) is 8.78. The number of carbonyl (C=O) groups excluding carboxylic acids is 2. The SMILES string of the molecule is CCc1ccc(-c2ccc3c(c2)CCC2N(C)C(=O)CC[C@]32C)s1.CCc1ccc(-c2ccc3c(c2)CCC2NC(=O)CC[C@]32C)s1. The molecule has 0 radical (unpaired) electrons. The number of thiophene rings is 2. The maximum absolute atomic E-state index is 12.1. The van der Waals surface area contributed by atoms with Crippen LogP contribution >= 0.6 is 22.7 Å². The number of likely N-dealkylation sites (N-methyl/N-ethyl adjacent to an activating group) is 1. The van der Waals surface area contributed by atoms with E-state index in [0.717, 1.165) is 51.4 Å². The molecule has 4 atom stereocenters. The number of carbonyl (C=O) groups is 2. The predicted molar refractivity (Wildman–Crippen MR) is 197 cm³/mol. The summed E-state index contributed by atoms with van der Waals surface area (Å²) < 4.78 is 0. The number of amides is 2. The van der Waals surface area contributed by atoms with E-state index >= 15 is 0 Å². The Kier molecular flexibility index (Phi) is 8.71. The predicted octanol–water partition coefficient (Wildman–Crippen LogP) is 9.26. The number of hydrogen-bond acceptors (Lipinski definition) is 4. The third-order valence-electron chi connectivity index (χ3n) is 11.9. The number of piperidine rings is 2. The zero-order valence-corrected chi connectivity index (χ0v) is 30.2. The Morgan fingerprint density at radius 1 is 0.723 bits per heavy atom. The van der Waals surface area contributed by atoms with Crippen LogP contribution in [0.25, 0.3) is 20.9 Å². The summed E-state index contributed by atoms with van der Waals surface area (Å²) in [6.45, 7) is 9.11. The third kappa shape index (κ3) is 5.80. The highest BCUT2D eigenvalue weighted by Gasteiger charge is 2.47. The zero-order valence-electron chi connectivity index (χ0n) is 28.6. The normalized spacial score (nSPS) is 26.3. The lowest BCUT2D eigenvalue weighted by atomic mass is 9.63. The smallest absolute Gasteiger partial charge is 0.222 e. The molecule has 2 aliphatic heterocycles. The number of nitrogens with zero attached hydrogens (tertiary/aromatic N) is 1. The van der Waals surface area contributed by atoms with Gasteiger partial charge in [0.05, 0.1) is 0 Å². The van der Waals surface area contributed by atoms with Crippen molar-refractivity contribution in [1.82, 2.24) is 10.2 Å². The molecule has 4 heterocycles. The summed E-state index contributed by atoms with van der Waals surface area (Å²) in [7, 11) is 1.99. The van der Waals surface area contributed by atoms with Crippen LogP contribution in [0, 0.1) is 0 Å². The van der Waals surface area contributed by atoms with Crippen molar-refractivity contribution in [2.75, 3.05) is 7.05 Å². The van der Waals surface area contributed by atoms with Crippen molar-refractivity contribution in [3.05, 3.63) is 92.7 Å². The van der Waals surface area contributed by atoms with Gasteiger partial charge in [0.25, 0.3) is 0 Å². The minimum absolute atomic E-state index is 0.101. The maximum atomic E-state index is 12.1. The Labute approximate surface area is 288 Å². The molecule has 2 aromatic carbocycles. The summed E-state index contributed by atoms with van der Waals surface area (Å²) in [6, 6.07) is 23.7. The molecule has 2 fully saturated rings. The van der Waals surface area contributed by atoms with Crippen molar-refractivity contribution >= 4 is 34.5 Å². The van der Waals surface area contributed by atoms with E-state index in [9.17, 15) is 9.59 Å². The molecular formula is C41H48N2O2S2. The summed E-state index contributed by atoms with van der Waals surface area (Å²) in [6.07, 6.45) is 9.77. The van der Waals surface area contributed by atoms with Gasteiger partial charge in [-0.05, 0) is 109 Å². The molecule has 6 heteroatoms. The van der Waals surface area contributed by atoms with Gasteiger partial charge in [-0.25, -0.2) is 0 Å². The Morgan fingerprint density at radius 3 is 1.85 bits per heavy atom. The number of rotatable bonds is 4. The van der Waals surface area contributed by atoms with E-state index < -0.39 is 0 Å². The van der Waals surface area contributed by atoms with E-state index in [0.29, 0.717) is 30.8 Å². The van der Waals surface area contributed by atoms with E-state index in [2.05, 4.69) is 93.7 Å². The molecular weight excluding hydrogens is 617 g/mol. The van der Waals surface area contributed by atoms with Crippen LogP contribution in [0.5, 0.6) is 0 Å². The third-order valence-corrected chi connectivity index (χ3v) is 14.4. The second kappa shape index (κ2) is 12.7. The number of nitrogens with one attached hydrogen (secondary N) is 1. The van der Waals surface area contributed by atoms with Crippen LogP contribution in [-0.2, 0) is 46.1 Å². The van der Waals surface area contributed by atoms with Gasteiger partial charge in [0.15, 0.2) is 0 Å². The standard InChI is InChI=1S/C21H25NOS.C20H23NOS/c1-4-16-7-9-18(24-16)15-5-8-17-14(13-15)6-10-19-21(17,2)12-11-20(23)22(19)3;1-3-15-6-8-17(23-15)14-4-7-16-13(12-14)5-9-18-20(16,2)11-10-19(22)21-18/h5,7-9,13,19H,4,6,10-12H2,1-3H3;4,6-8,12,18H,3,5,9-11H2,1-2H3,(H,21,22)/t19?,21-;18?,20-/m11/s1. The number of hydrogen-bond donors (Lipinski definition) is 1. The summed E-state index contributed by atoms with van der Waals surface area (Å²) >= 11 is 3.81. The van der Waals surface area contributed by atoms with E-state index in [1.165, 1.54) is 52.9 Å².